The lowest BCUT2D eigenvalue weighted by atomic mass is 10.3. The molecule has 112 valence electrons. The van der Waals surface area contributed by atoms with Gasteiger partial charge in [0.2, 0.25) is 10.0 Å². The van der Waals surface area contributed by atoms with E-state index in [9.17, 15) is 8.42 Å². The smallest absolute Gasteiger partial charge is 0.213 e. The van der Waals surface area contributed by atoms with Gasteiger partial charge < -0.3 is 10.2 Å². The third kappa shape index (κ3) is 2.97. The predicted molar refractivity (Wildman–Crippen MR) is 79.8 cm³/mol. The molecule has 1 fully saturated rings. The number of anilines is 2. The van der Waals surface area contributed by atoms with E-state index in [2.05, 4.69) is 15.3 Å². The maximum atomic E-state index is 11.8. The molecule has 7 nitrogen and oxygen atoms in total. The lowest BCUT2D eigenvalue weighted by molar-refractivity contribution is 0.384. The summed E-state index contributed by atoms with van der Waals surface area (Å²) in [6, 6.07) is 0. The lowest BCUT2D eigenvalue weighted by Gasteiger charge is -2.35. The number of hydrogen-bond acceptors (Lipinski definition) is 6. The Labute approximate surface area is 124 Å². The molecule has 9 heteroatoms. The van der Waals surface area contributed by atoms with Crippen molar-refractivity contribution in [3.8, 4) is 0 Å². The highest BCUT2D eigenvalue weighted by Crippen LogP contribution is 2.29. The lowest BCUT2D eigenvalue weighted by Crippen LogP contribution is -2.49. The number of aromatic nitrogens is 2. The second-order valence-corrected chi connectivity index (χ2v) is 7.02. The Morgan fingerprint density at radius 1 is 1.30 bits per heavy atom. The molecule has 2 heterocycles. The van der Waals surface area contributed by atoms with Crippen molar-refractivity contribution < 1.29 is 8.42 Å². The van der Waals surface area contributed by atoms with Gasteiger partial charge in [-0.1, -0.05) is 11.6 Å². The number of nitrogens with one attached hydrogen (secondary N) is 1. The second-order valence-electron chi connectivity index (χ2n) is 4.40. The van der Waals surface area contributed by atoms with Gasteiger partial charge in [0.05, 0.1) is 5.75 Å². The van der Waals surface area contributed by atoms with Gasteiger partial charge in [0.25, 0.3) is 0 Å². The van der Waals surface area contributed by atoms with Crippen LogP contribution in [0.15, 0.2) is 6.33 Å². The van der Waals surface area contributed by atoms with E-state index in [1.807, 2.05) is 4.90 Å². The highest BCUT2D eigenvalue weighted by Gasteiger charge is 2.27. The van der Waals surface area contributed by atoms with Crippen molar-refractivity contribution in [3.05, 3.63) is 11.5 Å². The van der Waals surface area contributed by atoms with Crippen molar-refractivity contribution in [1.82, 2.24) is 14.3 Å². The molecule has 0 aliphatic carbocycles. The maximum absolute atomic E-state index is 11.8. The first-order valence-corrected chi connectivity index (χ1v) is 8.39. The molecule has 0 amide bonds. The largest absolute Gasteiger partial charge is 0.383 e. The predicted octanol–water partition coefficient (Wildman–Crippen LogP) is 0.643. The van der Waals surface area contributed by atoms with Crippen LogP contribution in [0, 0.1) is 0 Å². The van der Waals surface area contributed by atoms with Crippen LogP contribution in [-0.2, 0) is 10.0 Å². The minimum Gasteiger partial charge on any atom is -0.383 e. The van der Waals surface area contributed by atoms with E-state index in [0.29, 0.717) is 42.8 Å². The molecule has 0 bridgehead atoms. The van der Waals surface area contributed by atoms with Crippen molar-refractivity contribution in [1.29, 1.82) is 0 Å². The van der Waals surface area contributed by atoms with E-state index in [1.54, 1.807) is 14.0 Å². The van der Waals surface area contributed by atoms with E-state index in [0.717, 1.165) is 0 Å². The monoisotopic (exact) mass is 319 g/mol. The summed E-state index contributed by atoms with van der Waals surface area (Å²) >= 11 is 6.03. The SMILES string of the molecule is CCS(=O)(=O)N1CCN(c2ncnc(Cl)c2NC)CC1. The molecule has 1 aromatic rings. The van der Waals surface area contributed by atoms with Gasteiger partial charge in [0.1, 0.15) is 12.0 Å². The van der Waals surface area contributed by atoms with Gasteiger partial charge in [-0.05, 0) is 6.92 Å². The minimum atomic E-state index is -3.12. The summed E-state index contributed by atoms with van der Waals surface area (Å²) in [7, 11) is -1.36. The first-order valence-electron chi connectivity index (χ1n) is 6.40. The molecule has 1 aliphatic rings. The molecule has 0 atom stereocenters. The van der Waals surface area contributed by atoms with Crippen LogP contribution in [0.2, 0.25) is 5.15 Å². The fraction of sp³-hybridized carbons (Fsp3) is 0.636. The number of nitrogens with zero attached hydrogens (tertiary/aromatic N) is 4. The fourth-order valence-corrected chi connectivity index (χ4v) is 3.48. The molecule has 0 spiro atoms. The van der Waals surface area contributed by atoms with E-state index >= 15 is 0 Å². The van der Waals surface area contributed by atoms with E-state index < -0.39 is 10.0 Å². The quantitative estimate of drug-likeness (QED) is 0.821. The molecule has 0 radical (unpaired) electrons. The van der Waals surface area contributed by atoms with Crippen LogP contribution in [0.1, 0.15) is 6.92 Å². The second kappa shape index (κ2) is 6.11. The van der Waals surface area contributed by atoms with Crippen LogP contribution < -0.4 is 10.2 Å². The molecule has 1 aromatic heterocycles. The Kier molecular flexibility index (Phi) is 4.66. The Morgan fingerprint density at radius 2 is 1.95 bits per heavy atom. The van der Waals surface area contributed by atoms with Crippen LogP contribution >= 0.6 is 11.6 Å². The van der Waals surface area contributed by atoms with Gasteiger partial charge in [-0.15, -0.1) is 0 Å². The number of halogens is 1. The van der Waals surface area contributed by atoms with Gasteiger partial charge in [-0.2, -0.15) is 4.31 Å². The van der Waals surface area contributed by atoms with Crippen LogP contribution in [0.5, 0.6) is 0 Å². The van der Waals surface area contributed by atoms with Crippen LogP contribution in [0.3, 0.4) is 0 Å². The fourth-order valence-electron chi connectivity index (χ4n) is 2.17. The molecule has 1 N–H and O–H groups in total. The summed E-state index contributed by atoms with van der Waals surface area (Å²) in [4.78, 5) is 10.2. The minimum absolute atomic E-state index is 0.133. The summed E-state index contributed by atoms with van der Waals surface area (Å²) in [5, 5.41) is 3.35. The molecule has 1 saturated heterocycles. The Hall–Kier alpha value is -1.12. The van der Waals surface area contributed by atoms with Crippen molar-refractivity contribution >= 4 is 33.1 Å². The molecule has 2 rings (SSSR count). The van der Waals surface area contributed by atoms with Crippen molar-refractivity contribution in [2.75, 3.05) is 49.2 Å². The summed E-state index contributed by atoms with van der Waals surface area (Å²) in [6.07, 6.45) is 1.41. The summed E-state index contributed by atoms with van der Waals surface area (Å²) in [5.41, 5.74) is 0.668. The zero-order valence-corrected chi connectivity index (χ0v) is 13.1. The number of piperazine rings is 1. The van der Waals surface area contributed by atoms with Crippen molar-refractivity contribution in [2.24, 2.45) is 0 Å². The van der Waals surface area contributed by atoms with Crippen molar-refractivity contribution in [3.63, 3.8) is 0 Å². The maximum Gasteiger partial charge on any atom is 0.213 e. The molecule has 0 aromatic carbocycles. The average Bonchev–Trinajstić information content (AvgIpc) is 2.47. The van der Waals surface area contributed by atoms with Gasteiger partial charge in [-0.3, -0.25) is 0 Å². The van der Waals surface area contributed by atoms with Gasteiger partial charge in [-0.25, -0.2) is 18.4 Å². The van der Waals surface area contributed by atoms with E-state index in [-0.39, 0.29) is 5.75 Å². The highest BCUT2D eigenvalue weighted by molar-refractivity contribution is 7.89. The molecule has 20 heavy (non-hydrogen) atoms. The number of hydrogen-bond donors (Lipinski definition) is 1. The van der Waals surface area contributed by atoms with Crippen molar-refractivity contribution in [2.45, 2.75) is 6.92 Å². The molecular formula is C11H18ClN5O2S. The highest BCUT2D eigenvalue weighted by atomic mass is 35.5. The summed E-state index contributed by atoms with van der Waals surface area (Å²) < 4.78 is 25.2. The molecule has 0 saturated carbocycles. The Balaban J connectivity index is 2.14. The average molecular weight is 320 g/mol. The number of sulfonamides is 1. The molecular weight excluding hydrogens is 302 g/mol. The first kappa shape index (κ1) is 15.3. The normalized spacial score (nSPS) is 17.2. The third-order valence-corrected chi connectivity index (χ3v) is 5.50. The number of rotatable bonds is 4. The van der Waals surface area contributed by atoms with E-state index in [1.165, 1.54) is 10.6 Å². The van der Waals surface area contributed by atoms with Crippen LogP contribution in [0.25, 0.3) is 0 Å². The zero-order chi connectivity index (χ0) is 14.8. The third-order valence-electron chi connectivity index (χ3n) is 3.33. The Morgan fingerprint density at radius 3 is 2.50 bits per heavy atom. The van der Waals surface area contributed by atoms with Gasteiger partial charge in [0.15, 0.2) is 11.0 Å². The molecule has 0 unspecified atom stereocenters. The zero-order valence-electron chi connectivity index (χ0n) is 11.5. The molecule has 1 aliphatic heterocycles. The standard InChI is InChI=1S/C11H18ClN5O2S/c1-3-20(18,19)17-6-4-16(5-7-17)11-9(13-2)10(12)14-8-15-11/h8,13H,3-7H2,1-2H3. The summed E-state index contributed by atoms with van der Waals surface area (Å²) in [5.74, 6) is 0.842. The summed E-state index contributed by atoms with van der Waals surface area (Å²) in [6.45, 7) is 3.75. The van der Waals surface area contributed by atoms with E-state index in [4.69, 9.17) is 11.6 Å². The Bertz CT molecular complexity index is 572. The van der Waals surface area contributed by atoms with Crippen LogP contribution in [0.4, 0.5) is 11.5 Å². The van der Waals surface area contributed by atoms with Gasteiger partial charge >= 0.3 is 0 Å². The topological polar surface area (TPSA) is 78.4 Å². The van der Waals surface area contributed by atoms with Gasteiger partial charge in [0, 0.05) is 33.2 Å². The van der Waals surface area contributed by atoms with Crippen LogP contribution in [-0.4, -0.2) is 61.7 Å². The first-order chi connectivity index (χ1) is 9.49.